The first kappa shape index (κ1) is 39.0. The second-order valence-electron chi connectivity index (χ2n) is 14.8. The van der Waals surface area contributed by atoms with Crippen molar-refractivity contribution in [1.29, 1.82) is 0 Å². The van der Waals surface area contributed by atoms with E-state index in [0.29, 0.717) is 24.9 Å². The number of carbonyl (C=O) groups is 4. The summed E-state index contributed by atoms with van der Waals surface area (Å²) in [5.74, 6) is 2.18. The Labute approximate surface area is 315 Å². The van der Waals surface area contributed by atoms with Crippen LogP contribution in [-0.4, -0.2) is 131 Å². The minimum absolute atomic E-state index is 0.0107. The zero-order chi connectivity index (χ0) is 38.4. The number of hydrogen-bond acceptors (Lipinski definition) is 9. The van der Waals surface area contributed by atoms with E-state index in [-0.39, 0.29) is 37.1 Å². The molecule has 6 rings (SSSR count). The van der Waals surface area contributed by atoms with Gasteiger partial charge in [-0.15, -0.1) is 0 Å². The lowest BCUT2D eigenvalue weighted by atomic mass is 9.74. The van der Waals surface area contributed by atoms with Gasteiger partial charge >= 0.3 is 12.2 Å². The lowest BCUT2D eigenvalue weighted by molar-refractivity contribution is -0.139. The van der Waals surface area contributed by atoms with Crippen LogP contribution in [0.25, 0.3) is 11.1 Å². The Hall–Kier alpha value is -4.70. The van der Waals surface area contributed by atoms with Gasteiger partial charge in [-0.1, -0.05) is 12.2 Å². The molecule has 2 aromatic heterocycles. The Morgan fingerprint density at radius 2 is 1.35 bits per heavy atom. The van der Waals surface area contributed by atoms with Gasteiger partial charge in [0.1, 0.15) is 23.7 Å². The smallest absolute Gasteiger partial charge is 0.407 e. The van der Waals surface area contributed by atoms with Crippen molar-refractivity contribution in [2.75, 3.05) is 54.7 Å². The van der Waals surface area contributed by atoms with E-state index in [4.69, 9.17) is 24.2 Å². The molecule has 0 saturated carbocycles. The summed E-state index contributed by atoms with van der Waals surface area (Å²) in [5.41, 5.74) is 4.29. The summed E-state index contributed by atoms with van der Waals surface area (Å²) in [4.78, 5) is 71.5. The number of carbonyl (C=O) groups excluding carboxylic acids is 3. The number of hydrogen-bond donors (Lipinski definition) is 4. The van der Waals surface area contributed by atoms with Gasteiger partial charge in [0, 0.05) is 46.8 Å². The van der Waals surface area contributed by atoms with Gasteiger partial charge in [-0.05, 0) is 87.2 Å². The molecule has 54 heavy (non-hydrogen) atoms. The highest BCUT2D eigenvalue weighted by molar-refractivity contribution is 5.87. The van der Waals surface area contributed by atoms with Gasteiger partial charge in [0.15, 0.2) is 0 Å². The van der Waals surface area contributed by atoms with Crippen LogP contribution in [-0.2, 0) is 23.8 Å². The standard InChI is InChI=1S/C38H54N8O8/c1-44(38(50)51)32(22-53-3)36(48)46-18-6-8-31(46)34-40-20-28(42-34)26-15-11-24(12-16-26)23-9-13-25(14-10-23)27-19-39-33(41-27)30-7-5-17-45(30)35(47)29(21-52-2)43-37(49)54-4/h13,15,19-20,23-24,29-32H,5-12,14,16-18,21-22H2,1-4H3,(H,39,41)(H,40,42)(H,43,49)(H,50,51)/t23?,24?,29-,30-,31-,32-/m0/s1. The van der Waals surface area contributed by atoms with Gasteiger partial charge in [0.05, 0.1) is 43.8 Å². The molecule has 2 aromatic rings. The monoisotopic (exact) mass is 750 g/mol. The molecule has 2 aliphatic carbocycles. The molecule has 0 aromatic carbocycles. The molecule has 0 radical (unpaired) electrons. The highest BCUT2D eigenvalue weighted by Crippen LogP contribution is 2.42. The molecule has 4 heterocycles. The molecule has 2 fully saturated rings. The maximum Gasteiger partial charge on any atom is 0.407 e. The normalized spacial score (nSPS) is 24.1. The summed E-state index contributed by atoms with van der Waals surface area (Å²) < 4.78 is 15.1. The number of nitrogens with zero attached hydrogens (tertiary/aromatic N) is 5. The van der Waals surface area contributed by atoms with Crippen LogP contribution < -0.4 is 5.32 Å². The van der Waals surface area contributed by atoms with E-state index in [1.807, 2.05) is 12.4 Å². The van der Waals surface area contributed by atoms with Crippen LogP contribution >= 0.6 is 0 Å². The Balaban J connectivity index is 1.04. The Morgan fingerprint density at radius 3 is 1.80 bits per heavy atom. The van der Waals surface area contributed by atoms with Gasteiger partial charge in [-0.3, -0.25) is 14.5 Å². The van der Waals surface area contributed by atoms with E-state index in [1.165, 1.54) is 39.5 Å². The zero-order valence-electron chi connectivity index (χ0n) is 31.7. The van der Waals surface area contributed by atoms with Crippen LogP contribution in [0.3, 0.4) is 0 Å². The number of alkyl carbamates (subject to hydrolysis) is 1. The van der Waals surface area contributed by atoms with Crippen molar-refractivity contribution in [1.82, 2.24) is 40.0 Å². The molecule has 4 aliphatic rings. The van der Waals surface area contributed by atoms with Gasteiger partial charge in [-0.25, -0.2) is 19.6 Å². The number of aromatic amines is 2. The van der Waals surface area contributed by atoms with Crippen LogP contribution in [0.4, 0.5) is 9.59 Å². The summed E-state index contributed by atoms with van der Waals surface area (Å²) in [7, 11) is 5.61. The van der Waals surface area contributed by atoms with Gasteiger partial charge in [0.2, 0.25) is 11.8 Å². The number of amides is 4. The molecule has 4 N–H and O–H groups in total. The third kappa shape index (κ3) is 8.49. The highest BCUT2D eigenvalue weighted by atomic mass is 16.5. The predicted molar refractivity (Wildman–Crippen MR) is 198 cm³/mol. The van der Waals surface area contributed by atoms with Crippen molar-refractivity contribution in [3.8, 4) is 0 Å². The number of nitrogens with one attached hydrogen (secondary N) is 3. The fraction of sp³-hybridized carbons (Fsp3) is 0.632. The van der Waals surface area contributed by atoms with Crippen molar-refractivity contribution >= 4 is 35.1 Å². The largest absolute Gasteiger partial charge is 0.465 e. The van der Waals surface area contributed by atoms with Crippen molar-refractivity contribution < 1.29 is 38.5 Å². The lowest BCUT2D eigenvalue weighted by Gasteiger charge is -2.32. The van der Waals surface area contributed by atoms with Gasteiger partial charge in [-0.2, -0.15) is 0 Å². The molecule has 2 unspecified atom stereocenters. The van der Waals surface area contributed by atoms with Crippen LogP contribution in [0, 0.1) is 11.8 Å². The molecule has 0 bridgehead atoms. The highest BCUT2D eigenvalue weighted by Gasteiger charge is 2.39. The maximum atomic E-state index is 13.5. The number of aromatic nitrogens is 4. The van der Waals surface area contributed by atoms with Crippen molar-refractivity contribution in [2.45, 2.75) is 88.4 Å². The zero-order valence-corrected chi connectivity index (χ0v) is 31.7. The van der Waals surface area contributed by atoms with E-state index in [2.05, 4.69) is 27.4 Å². The Morgan fingerprint density at radius 1 is 0.833 bits per heavy atom. The van der Waals surface area contributed by atoms with E-state index in [0.717, 1.165) is 92.1 Å². The summed E-state index contributed by atoms with van der Waals surface area (Å²) in [6.07, 6.45) is 16.0. The number of rotatable bonds is 13. The number of likely N-dealkylation sites (tertiary alicyclic amines) is 2. The Bertz CT molecular complexity index is 1720. The number of H-pyrrole nitrogens is 2. The van der Waals surface area contributed by atoms with Crippen LogP contribution in [0.1, 0.15) is 99.3 Å². The second kappa shape index (κ2) is 17.6. The number of ether oxygens (including phenoxy) is 3. The molecule has 294 valence electrons. The molecule has 16 nitrogen and oxygen atoms in total. The molecular weight excluding hydrogens is 696 g/mol. The first-order valence-electron chi connectivity index (χ1n) is 19.0. The minimum atomic E-state index is -1.17. The van der Waals surface area contributed by atoms with E-state index in [1.54, 1.807) is 9.80 Å². The first-order valence-corrected chi connectivity index (χ1v) is 19.0. The number of allylic oxidation sites excluding steroid dienone is 4. The fourth-order valence-corrected chi connectivity index (χ4v) is 8.58. The quantitative estimate of drug-likeness (QED) is 0.226. The van der Waals surface area contributed by atoms with Gasteiger partial charge in [0.25, 0.3) is 0 Å². The number of carboxylic acid groups (broad SMARTS) is 1. The molecule has 16 heteroatoms. The van der Waals surface area contributed by atoms with E-state index >= 15 is 0 Å². The summed E-state index contributed by atoms with van der Waals surface area (Å²) in [6, 6.07) is -2.19. The second-order valence-corrected chi connectivity index (χ2v) is 14.8. The van der Waals surface area contributed by atoms with Crippen LogP contribution in [0.5, 0.6) is 0 Å². The number of methoxy groups -OCH3 is 3. The SMILES string of the molecule is COC[C@H](NC(=O)OC)C(=O)N1CCC[C@H]1c1nc(C2=CCC(C3CC=C(c4c[nH]c([C@@H]5CCCN5C(=O)[C@H](COC)N(C)C(=O)O)n4)CC3)CC2)c[nH]1. The third-order valence-electron chi connectivity index (χ3n) is 11.6. The van der Waals surface area contributed by atoms with Crippen molar-refractivity contribution in [2.24, 2.45) is 11.8 Å². The minimum Gasteiger partial charge on any atom is -0.465 e. The summed E-state index contributed by atoms with van der Waals surface area (Å²) in [5, 5.41) is 12.1. The lowest BCUT2D eigenvalue weighted by Crippen LogP contribution is -2.51. The molecule has 4 amide bonds. The third-order valence-corrected chi connectivity index (χ3v) is 11.6. The van der Waals surface area contributed by atoms with E-state index in [9.17, 15) is 24.3 Å². The average molecular weight is 751 g/mol. The summed E-state index contributed by atoms with van der Waals surface area (Å²) in [6.45, 7) is 1.16. The fourth-order valence-electron chi connectivity index (χ4n) is 8.58. The molecule has 2 saturated heterocycles. The molecule has 6 atom stereocenters. The number of imidazole rings is 2. The molecule has 2 aliphatic heterocycles. The predicted octanol–water partition coefficient (Wildman–Crippen LogP) is 4.52. The summed E-state index contributed by atoms with van der Waals surface area (Å²) >= 11 is 0. The molecular formula is C38H54N8O8. The Kier molecular flexibility index (Phi) is 12.7. The number of likely N-dealkylation sites (N-methyl/N-ethyl adjacent to an activating group) is 1. The van der Waals surface area contributed by atoms with Crippen molar-refractivity contribution in [3.63, 3.8) is 0 Å². The van der Waals surface area contributed by atoms with Crippen LogP contribution in [0.2, 0.25) is 0 Å². The molecule has 0 spiro atoms. The van der Waals surface area contributed by atoms with E-state index < -0.39 is 24.3 Å². The van der Waals surface area contributed by atoms with Crippen LogP contribution in [0.15, 0.2) is 24.5 Å². The topological polar surface area (TPSA) is 195 Å². The van der Waals surface area contributed by atoms with Gasteiger partial charge < -0.3 is 44.4 Å². The first-order chi connectivity index (χ1) is 26.1. The van der Waals surface area contributed by atoms with Crippen molar-refractivity contribution in [3.05, 3.63) is 47.6 Å². The maximum absolute atomic E-state index is 13.5. The average Bonchev–Trinajstić information content (AvgIpc) is 4.03.